The lowest BCUT2D eigenvalue weighted by molar-refractivity contribution is 0.0515. The van der Waals surface area contributed by atoms with Crippen molar-refractivity contribution in [3.05, 3.63) is 59.4 Å². The van der Waals surface area contributed by atoms with Crippen LogP contribution in [-0.4, -0.2) is 21.7 Å². The Morgan fingerprint density at radius 1 is 1.12 bits per heavy atom. The Morgan fingerprint density at radius 3 is 2.46 bits per heavy atom. The van der Waals surface area contributed by atoms with Crippen LogP contribution in [-0.2, 0) is 18.3 Å². The number of benzene rings is 1. The van der Waals surface area contributed by atoms with Gasteiger partial charge in [0.2, 0.25) is 0 Å². The second-order valence-electron chi connectivity index (χ2n) is 6.43. The number of hydrogen-bond donors (Lipinski definition) is 0. The molecule has 0 atom stereocenters. The van der Waals surface area contributed by atoms with E-state index < -0.39 is 0 Å². The fraction of sp³-hybridized carbons (Fsp3) is 0.350. The summed E-state index contributed by atoms with van der Waals surface area (Å²) in [5.41, 5.74) is 5.18. The summed E-state index contributed by atoms with van der Waals surface area (Å²) in [5.74, 6) is 0.244. The second kappa shape index (κ2) is 6.56. The maximum absolute atomic E-state index is 12.3. The lowest BCUT2D eigenvalue weighted by atomic mass is 10.0. The smallest absolute Gasteiger partial charge is 0.355 e. The molecule has 0 aliphatic carbocycles. The predicted octanol–water partition coefficient (Wildman–Crippen LogP) is 4.33. The summed E-state index contributed by atoms with van der Waals surface area (Å²) >= 11 is 0. The number of esters is 1. The van der Waals surface area contributed by atoms with Crippen molar-refractivity contribution < 1.29 is 9.53 Å². The molecule has 3 aromatic rings. The number of fused-ring (bicyclic) bond motifs is 1. The summed E-state index contributed by atoms with van der Waals surface area (Å²) in [5, 5.41) is 0. The molecule has 0 unspecified atom stereocenters. The molecule has 0 bridgehead atoms. The molecule has 0 fully saturated rings. The highest BCUT2D eigenvalue weighted by molar-refractivity contribution is 5.95. The van der Waals surface area contributed by atoms with Crippen LogP contribution in [0.3, 0.4) is 0 Å². The van der Waals surface area contributed by atoms with Gasteiger partial charge in [0.05, 0.1) is 17.6 Å². The molecule has 0 saturated heterocycles. The molecular weight excluding hydrogens is 300 g/mol. The Bertz CT molecular complexity index is 854. The first kappa shape index (κ1) is 16.4. The van der Waals surface area contributed by atoms with E-state index >= 15 is 0 Å². The van der Waals surface area contributed by atoms with Crippen molar-refractivity contribution in [2.45, 2.75) is 33.2 Å². The highest BCUT2D eigenvalue weighted by atomic mass is 16.5. The van der Waals surface area contributed by atoms with Crippen LogP contribution in [0, 0.1) is 0 Å². The first-order valence-corrected chi connectivity index (χ1v) is 8.41. The second-order valence-corrected chi connectivity index (χ2v) is 6.43. The van der Waals surface area contributed by atoms with Crippen molar-refractivity contribution in [1.82, 2.24) is 9.13 Å². The van der Waals surface area contributed by atoms with Crippen molar-refractivity contribution >= 4 is 17.0 Å². The van der Waals surface area contributed by atoms with Crippen LogP contribution >= 0.6 is 0 Å². The lowest BCUT2D eigenvalue weighted by Crippen LogP contribution is -2.12. The Morgan fingerprint density at radius 2 is 1.83 bits per heavy atom. The number of rotatable bonds is 5. The van der Waals surface area contributed by atoms with Gasteiger partial charge in [0.15, 0.2) is 0 Å². The quantitative estimate of drug-likeness (QED) is 0.655. The van der Waals surface area contributed by atoms with Crippen molar-refractivity contribution in [2.75, 3.05) is 6.61 Å². The monoisotopic (exact) mass is 324 g/mol. The van der Waals surface area contributed by atoms with Crippen molar-refractivity contribution in [2.24, 2.45) is 7.05 Å². The van der Waals surface area contributed by atoms with Crippen LogP contribution in [0.1, 0.15) is 48.3 Å². The number of carbonyl (C=O) groups is 1. The van der Waals surface area contributed by atoms with E-state index in [4.69, 9.17) is 4.74 Å². The fourth-order valence-electron chi connectivity index (χ4n) is 3.00. The number of carbonyl (C=O) groups excluding carboxylic acids is 1. The molecule has 0 saturated carbocycles. The van der Waals surface area contributed by atoms with E-state index in [0.717, 1.165) is 11.0 Å². The van der Waals surface area contributed by atoms with E-state index in [1.54, 1.807) is 0 Å². The normalized spacial score (nSPS) is 11.4. The third-order valence-electron chi connectivity index (χ3n) is 4.43. The molecule has 4 heteroatoms. The fourth-order valence-corrected chi connectivity index (χ4v) is 3.00. The molecule has 0 aliphatic rings. The Hall–Kier alpha value is -2.49. The summed E-state index contributed by atoms with van der Waals surface area (Å²) in [7, 11) is 1.99. The highest BCUT2D eigenvalue weighted by Crippen LogP contribution is 2.23. The molecule has 24 heavy (non-hydrogen) atoms. The number of aryl methyl sites for hydroxylation is 1. The van der Waals surface area contributed by atoms with Crippen LogP contribution in [0.2, 0.25) is 0 Å². The van der Waals surface area contributed by atoms with E-state index in [9.17, 15) is 4.79 Å². The summed E-state index contributed by atoms with van der Waals surface area (Å²) < 4.78 is 9.29. The summed E-state index contributed by atoms with van der Waals surface area (Å²) in [6.07, 6.45) is 2.01. The molecule has 0 amide bonds. The average molecular weight is 324 g/mol. The summed E-state index contributed by atoms with van der Waals surface area (Å²) in [6, 6.07) is 12.6. The van der Waals surface area contributed by atoms with Gasteiger partial charge < -0.3 is 13.9 Å². The molecule has 126 valence electrons. The van der Waals surface area contributed by atoms with Crippen LogP contribution < -0.4 is 0 Å². The van der Waals surface area contributed by atoms with Crippen LogP contribution in [0.15, 0.2) is 42.6 Å². The highest BCUT2D eigenvalue weighted by Gasteiger charge is 2.18. The molecule has 0 N–H and O–H groups in total. The first-order valence-electron chi connectivity index (χ1n) is 8.41. The maximum atomic E-state index is 12.3. The number of aromatic nitrogens is 2. The zero-order valence-electron chi connectivity index (χ0n) is 14.7. The largest absolute Gasteiger partial charge is 0.461 e. The zero-order valence-corrected chi connectivity index (χ0v) is 14.7. The Labute approximate surface area is 142 Å². The molecule has 3 rings (SSSR count). The number of ether oxygens (including phenoxy) is 1. The topological polar surface area (TPSA) is 36.2 Å². The van der Waals surface area contributed by atoms with Crippen LogP contribution in [0.5, 0.6) is 0 Å². The van der Waals surface area contributed by atoms with E-state index in [-0.39, 0.29) is 5.97 Å². The molecular formula is C20H24N2O2. The van der Waals surface area contributed by atoms with Crippen LogP contribution in [0.4, 0.5) is 0 Å². The van der Waals surface area contributed by atoms with Gasteiger partial charge in [0, 0.05) is 19.8 Å². The van der Waals surface area contributed by atoms with Gasteiger partial charge in [0.25, 0.3) is 0 Å². The van der Waals surface area contributed by atoms with Gasteiger partial charge in [-0.3, -0.25) is 0 Å². The maximum Gasteiger partial charge on any atom is 0.355 e. The van der Waals surface area contributed by atoms with Gasteiger partial charge in [-0.05, 0) is 36.1 Å². The number of nitrogens with zero attached hydrogens (tertiary/aromatic N) is 2. The van der Waals surface area contributed by atoms with Crippen molar-refractivity contribution in [1.29, 1.82) is 0 Å². The van der Waals surface area contributed by atoms with E-state index in [0.29, 0.717) is 24.8 Å². The van der Waals surface area contributed by atoms with Gasteiger partial charge in [0.1, 0.15) is 5.69 Å². The third-order valence-corrected chi connectivity index (χ3v) is 4.43. The van der Waals surface area contributed by atoms with E-state index in [1.807, 2.05) is 41.4 Å². The molecule has 4 nitrogen and oxygen atoms in total. The van der Waals surface area contributed by atoms with Gasteiger partial charge in [-0.25, -0.2) is 4.79 Å². The van der Waals surface area contributed by atoms with Crippen molar-refractivity contribution in [3.63, 3.8) is 0 Å². The molecule has 0 radical (unpaired) electrons. The van der Waals surface area contributed by atoms with Crippen molar-refractivity contribution in [3.8, 4) is 0 Å². The molecule has 0 aliphatic heterocycles. The van der Waals surface area contributed by atoms with Gasteiger partial charge >= 0.3 is 5.97 Å². The zero-order chi connectivity index (χ0) is 17.3. The standard InChI is InChI=1S/C20H24N2O2/c1-5-24-20(23)19-12-18-17(10-11-21(18)4)22(19)13-15-6-8-16(9-7-15)14(2)3/h6-12,14H,5,13H2,1-4H3. The predicted molar refractivity (Wildman–Crippen MR) is 96.5 cm³/mol. The summed E-state index contributed by atoms with van der Waals surface area (Å²) in [6.45, 7) is 7.24. The third kappa shape index (κ3) is 2.96. The first-order chi connectivity index (χ1) is 11.5. The summed E-state index contributed by atoms with van der Waals surface area (Å²) in [4.78, 5) is 12.3. The van der Waals surface area contributed by atoms with Gasteiger partial charge in [-0.2, -0.15) is 0 Å². The molecule has 1 aromatic carbocycles. The van der Waals surface area contributed by atoms with Gasteiger partial charge in [-0.1, -0.05) is 38.1 Å². The van der Waals surface area contributed by atoms with Crippen LogP contribution in [0.25, 0.3) is 11.0 Å². The minimum absolute atomic E-state index is 0.271. The average Bonchev–Trinajstić information content (AvgIpc) is 3.09. The van der Waals surface area contributed by atoms with E-state index in [1.165, 1.54) is 11.1 Å². The van der Waals surface area contributed by atoms with Gasteiger partial charge in [-0.15, -0.1) is 0 Å². The lowest BCUT2D eigenvalue weighted by Gasteiger charge is -2.11. The molecule has 0 spiro atoms. The Balaban J connectivity index is 2.00. The molecule has 2 aromatic heterocycles. The minimum atomic E-state index is -0.271. The SMILES string of the molecule is CCOC(=O)c1cc2c(ccn2C)n1Cc1ccc(C(C)C)cc1. The van der Waals surface area contributed by atoms with E-state index in [2.05, 4.69) is 38.1 Å². The minimum Gasteiger partial charge on any atom is -0.461 e. The molecule has 2 heterocycles. The number of hydrogen-bond acceptors (Lipinski definition) is 2. The Kier molecular flexibility index (Phi) is 4.47.